The Balaban J connectivity index is 2.28. The number of hydrogen-bond donors (Lipinski definition) is 0. The standard InChI is InChI=1S/C22H25Cl2N3O4/c1-12-18(17(11-23)27(4)25-12)19-16(24)9-8-15-14(7-6-10-31-13(2)28)21(22(29)30-5)26(3)20(15)19/h8-9H,6-7,10-11H2,1-5H3. The van der Waals surface area contributed by atoms with E-state index in [0.29, 0.717) is 23.6 Å². The van der Waals surface area contributed by atoms with E-state index in [4.69, 9.17) is 32.7 Å². The minimum Gasteiger partial charge on any atom is -0.466 e. The molecule has 0 spiro atoms. The van der Waals surface area contributed by atoms with E-state index >= 15 is 0 Å². The number of hydrogen-bond acceptors (Lipinski definition) is 5. The van der Waals surface area contributed by atoms with Crippen molar-refractivity contribution in [1.29, 1.82) is 0 Å². The average Bonchev–Trinajstić information content (AvgIpc) is 3.17. The number of rotatable bonds is 7. The van der Waals surface area contributed by atoms with Gasteiger partial charge < -0.3 is 14.0 Å². The summed E-state index contributed by atoms with van der Waals surface area (Å²) in [5.41, 5.74) is 5.34. The van der Waals surface area contributed by atoms with Crippen molar-refractivity contribution in [3.63, 3.8) is 0 Å². The highest BCUT2D eigenvalue weighted by molar-refractivity contribution is 6.35. The van der Waals surface area contributed by atoms with Gasteiger partial charge in [-0.3, -0.25) is 9.48 Å². The van der Waals surface area contributed by atoms with E-state index < -0.39 is 5.97 Å². The molecule has 2 heterocycles. The van der Waals surface area contributed by atoms with Crippen molar-refractivity contribution < 1.29 is 19.1 Å². The van der Waals surface area contributed by atoms with Crippen LogP contribution in [0.5, 0.6) is 0 Å². The number of methoxy groups -OCH3 is 1. The molecule has 0 N–H and O–H groups in total. The molecular weight excluding hydrogens is 441 g/mol. The average molecular weight is 466 g/mol. The minimum absolute atomic E-state index is 0.267. The molecule has 2 aromatic heterocycles. The first-order chi connectivity index (χ1) is 14.7. The van der Waals surface area contributed by atoms with Gasteiger partial charge in [-0.15, -0.1) is 11.6 Å². The smallest absolute Gasteiger partial charge is 0.354 e. The first kappa shape index (κ1) is 23.2. The van der Waals surface area contributed by atoms with Crippen LogP contribution >= 0.6 is 23.2 Å². The molecule has 0 unspecified atom stereocenters. The van der Waals surface area contributed by atoms with E-state index in [1.807, 2.05) is 37.7 Å². The van der Waals surface area contributed by atoms with E-state index in [-0.39, 0.29) is 18.5 Å². The summed E-state index contributed by atoms with van der Waals surface area (Å²) >= 11 is 12.9. The number of alkyl halides is 1. The monoisotopic (exact) mass is 465 g/mol. The van der Waals surface area contributed by atoms with Gasteiger partial charge in [-0.05, 0) is 31.4 Å². The molecular formula is C22H25Cl2N3O4. The molecule has 0 saturated heterocycles. The van der Waals surface area contributed by atoms with E-state index in [1.165, 1.54) is 14.0 Å². The molecule has 7 nitrogen and oxygen atoms in total. The summed E-state index contributed by atoms with van der Waals surface area (Å²) in [7, 11) is 5.01. The second-order valence-electron chi connectivity index (χ2n) is 7.30. The molecule has 9 heteroatoms. The van der Waals surface area contributed by atoms with Gasteiger partial charge in [0.25, 0.3) is 0 Å². The summed E-state index contributed by atoms with van der Waals surface area (Å²) in [5, 5.41) is 5.94. The third-order valence-electron chi connectivity index (χ3n) is 5.38. The fraction of sp³-hybridized carbons (Fsp3) is 0.409. The van der Waals surface area contributed by atoms with Crippen LogP contribution < -0.4 is 0 Å². The normalized spacial score (nSPS) is 11.2. The predicted molar refractivity (Wildman–Crippen MR) is 121 cm³/mol. The highest BCUT2D eigenvalue weighted by atomic mass is 35.5. The number of benzene rings is 1. The Hall–Kier alpha value is -2.51. The summed E-state index contributed by atoms with van der Waals surface area (Å²) < 4.78 is 13.7. The van der Waals surface area contributed by atoms with Gasteiger partial charge in [0.05, 0.1) is 41.5 Å². The molecule has 3 aromatic rings. The number of esters is 2. The summed E-state index contributed by atoms with van der Waals surface area (Å²) in [6, 6.07) is 3.72. The van der Waals surface area contributed by atoms with Crippen molar-refractivity contribution in [2.75, 3.05) is 13.7 Å². The maximum Gasteiger partial charge on any atom is 0.354 e. The molecule has 31 heavy (non-hydrogen) atoms. The molecule has 0 aliphatic carbocycles. The maximum atomic E-state index is 12.7. The second kappa shape index (κ2) is 9.32. The van der Waals surface area contributed by atoms with Crippen molar-refractivity contribution in [2.24, 2.45) is 14.1 Å². The van der Waals surface area contributed by atoms with Gasteiger partial charge in [0.2, 0.25) is 0 Å². The van der Waals surface area contributed by atoms with Gasteiger partial charge in [0.15, 0.2) is 0 Å². The summed E-state index contributed by atoms with van der Waals surface area (Å²) in [5.74, 6) is -0.507. The number of carbonyl (C=O) groups is 2. The van der Waals surface area contributed by atoms with Gasteiger partial charge in [0, 0.05) is 37.5 Å². The number of carbonyl (C=O) groups excluding carboxylic acids is 2. The Morgan fingerprint density at radius 3 is 2.52 bits per heavy atom. The van der Waals surface area contributed by atoms with Crippen LogP contribution in [-0.4, -0.2) is 40.0 Å². The van der Waals surface area contributed by atoms with Gasteiger partial charge in [-0.1, -0.05) is 17.7 Å². The lowest BCUT2D eigenvalue weighted by Gasteiger charge is -2.11. The molecule has 0 saturated carbocycles. The Kier molecular flexibility index (Phi) is 6.96. The van der Waals surface area contributed by atoms with E-state index in [2.05, 4.69) is 5.10 Å². The van der Waals surface area contributed by atoms with Crippen LogP contribution in [-0.2, 0) is 40.7 Å². The quantitative estimate of drug-likeness (QED) is 0.290. The van der Waals surface area contributed by atoms with Crippen LogP contribution in [0.3, 0.4) is 0 Å². The number of aryl methyl sites for hydroxylation is 4. The van der Waals surface area contributed by atoms with Crippen molar-refractivity contribution in [1.82, 2.24) is 14.3 Å². The highest BCUT2D eigenvalue weighted by Gasteiger charge is 2.27. The van der Waals surface area contributed by atoms with E-state index in [0.717, 1.165) is 39.0 Å². The van der Waals surface area contributed by atoms with Crippen LogP contribution in [0, 0.1) is 6.92 Å². The maximum absolute atomic E-state index is 12.7. The first-order valence-corrected chi connectivity index (χ1v) is 10.7. The third kappa shape index (κ3) is 4.16. The van der Waals surface area contributed by atoms with Crippen LogP contribution in [0.15, 0.2) is 12.1 Å². The molecule has 0 bridgehead atoms. The number of fused-ring (bicyclic) bond motifs is 1. The molecule has 0 radical (unpaired) electrons. The Morgan fingerprint density at radius 2 is 1.90 bits per heavy atom. The topological polar surface area (TPSA) is 75.4 Å². The Labute approximate surface area is 190 Å². The van der Waals surface area contributed by atoms with Crippen LogP contribution in [0.2, 0.25) is 5.02 Å². The van der Waals surface area contributed by atoms with E-state index in [9.17, 15) is 9.59 Å². The van der Waals surface area contributed by atoms with Gasteiger partial charge in [0.1, 0.15) is 5.69 Å². The number of aromatic nitrogens is 3. The Bertz CT molecular complexity index is 1160. The molecule has 0 atom stereocenters. The highest BCUT2D eigenvalue weighted by Crippen LogP contribution is 2.42. The SMILES string of the molecule is COC(=O)c1c(CCCOC(C)=O)c2ccc(Cl)c(-c3c(C)nn(C)c3CCl)c2n1C. The fourth-order valence-electron chi connectivity index (χ4n) is 4.10. The summed E-state index contributed by atoms with van der Waals surface area (Å²) in [4.78, 5) is 23.8. The zero-order chi connectivity index (χ0) is 22.9. The lowest BCUT2D eigenvalue weighted by atomic mass is 9.98. The lowest BCUT2D eigenvalue weighted by molar-refractivity contribution is -0.141. The minimum atomic E-state index is -0.441. The molecule has 0 aliphatic heterocycles. The van der Waals surface area contributed by atoms with Crippen molar-refractivity contribution in [3.8, 4) is 11.1 Å². The van der Waals surface area contributed by atoms with Crippen molar-refractivity contribution >= 4 is 46.0 Å². The molecule has 1 aromatic carbocycles. The lowest BCUT2D eigenvalue weighted by Crippen LogP contribution is -2.11. The fourth-order valence-corrected chi connectivity index (χ4v) is 4.65. The summed E-state index contributed by atoms with van der Waals surface area (Å²) in [6.45, 7) is 3.55. The molecule has 0 aliphatic rings. The van der Waals surface area contributed by atoms with Crippen LogP contribution in [0.1, 0.15) is 40.8 Å². The Morgan fingerprint density at radius 1 is 1.19 bits per heavy atom. The molecule has 3 rings (SSSR count). The van der Waals surface area contributed by atoms with E-state index in [1.54, 1.807) is 4.68 Å². The van der Waals surface area contributed by atoms with Crippen molar-refractivity contribution in [3.05, 3.63) is 39.8 Å². The van der Waals surface area contributed by atoms with Gasteiger partial charge in [-0.2, -0.15) is 5.10 Å². The van der Waals surface area contributed by atoms with Crippen LogP contribution in [0.4, 0.5) is 0 Å². The number of nitrogens with zero attached hydrogens (tertiary/aromatic N) is 3. The predicted octanol–water partition coefficient (Wildman–Crippen LogP) is 4.56. The molecule has 0 fully saturated rings. The molecule has 0 amide bonds. The number of ether oxygens (including phenoxy) is 2. The largest absolute Gasteiger partial charge is 0.466 e. The van der Waals surface area contributed by atoms with Gasteiger partial charge in [-0.25, -0.2) is 4.79 Å². The molecule has 166 valence electrons. The zero-order valence-corrected chi connectivity index (χ0v) is 19.7. The van der Waals surface area contributed by atoms with Gasteiger partial charge >= 0.3 is 11.9 Å². The van der Waals surface area contributed by atoms with Crippen molar-refractivity contribution in [2.45, 2.75) is 32.6 Å². The van der Waals surface area contributed by atoms with Crippen LogP contribution in [0.25, 0.3) is 22.0 Å². The summed E-state index contributed by atoms with van der Waals surface area (Å²) in [6.07, 6.45) is 1.10. The number of halogens is 2. The second-order valence-corrected chi connectivity index (χ2v) is 7.98. The third-order valence-corrected chi connectivity index (χ3v) is 5.95. The zero-order valence-electron chi connectivity index (χ0n) is 18.2. The first-order valence-electron chi connectivity index (χ1n) is 9.83.